The van der Waals surface area contributed by atoms with Crippen LogP contribution in [-0.4, -0.2) is 58.6 Å². The SMILES string of the molecule is CC(C)(CCO)CNC(=O)Nc1cnn(CCN2CCCCC2)c1. The van der Waals surface area contributed by atoms with E-state index in [0.29, 0.717) is 18.7 Å². The van der Waals surface area contributed by atoms with Crippen molar-refractivity contribution in [2.45, 2.75) is 46.1 Å². The number of carbonyl (C=O) groups excluding carboxylic acids is 1. The fourth-order valence-electron chi connectivity index (χ4n) is 2.86. The van der Waals surface area contributed by atoms with Crippen molar-refractivity contribution in [3.8, 4) is 0 Å². The second kappa shape index (κ2) is 9.03. The standard InChI is InChI=1S/C17H31N5O2/c1-17(2,6-11-23)14-18-16(24)20-15-12-19-22(13-15)10-9-21-7-4-3-5-8-21/h12-13,23H,3-11,14H2,1-2H3,(H2,18,20,24). The van der Waals surface area contributed by atoms with Crippen LogP contribution in [0.15, 0.2) is 12.4 Å². The Morgan fingerprint density at radius 2 is 2.04 bits per heavy atom. The molecule has 1 saturated heterocycles. The van der Waals surface area contributed by atoms with Crippen molar-refractivity contribution >= 4 is 11.7 Å². The van der Waals surface area contributed by atoms with Crippen molar-refractivity contribution < 1.29 is 9.90 Å². The van der Waals surface area contributed by atoms with Crippen LogP contribution in [0.4, 0.5) is 10.5 Å². The van der Waals surface area contributed by atoms with E-state index < -0.39 is 0 Å². The summed E-state index contributed by atoms with van der Waals surface area (Å²) in [6, 6.07) is -0.239. The highest BCUT2D eigenvalue weighted by Crippen LogP contribution is 2.18. The molecule has 0 unspecified atom stereocenters. The number of rotatable bonds is 8. The first-order valence-corrected chi connectivity index (χ1v) is 8.89. The molecule has 7 heteroatoms. The van der Waals surface area contributed by atoms with Gasteiger partial charge in [-0.25, -0.2) is 4.79 Å². The minimum atomic E-state index is -0.239. The molecular formula is C17H31N5O2. The Labute approximate surface area is 144 Å². The normalized spacial score (nSPS) is 16.1. The van der Waals surface area contributed by atoms with Gasteiger partial charge < -0.3 is 20.6 Å². The number of likely N-dealkylation sites (tertiary alicyclic amines) is 1. The van der Waals surface area contributed by atoms with Crippen LogP contribution in [0.3, 0.4) is 0 Å². The van der Waals surface area contributed by atoms with Crippen LogP contribution in [-0.2, 0) is 6.54 Å². The van der Waals surface area contributed by atoms with E-state index in [1.54, 1.807) is 6.20 Å². The summed E-state index contributed by atoms with van der Waals surface area (Å²) in [4.78, 5) is 14.4. The number of nitrogens with one attached hydrogen (secondary N) is 2. The number of nitrogens with zero attached hydrogens (tertiary/aromatic N) is 3. The van der Waals surface area contributed by atoms with Gasteiger partial charge in [-0.15, -0.1) is 0 Å². The van der Waals surface area contributed by atoms with Crippen molar-refractivity contribution in [3.63, 3.8) is 0 Å². The minimum Gasteiger partial charge on any atom is -0.396 e. The molecule has 7 nitrogen and oxygen atoms in total. The first kappa shape index (κ1) is 18.7. The number of piperidine rings is 1. The number of carbonyl (C=O) groups is 1. The summed E-state index contributed by atoms with van der Waals surface area (Å²) in [6.45, 7) is 8.87. The number of anilines is 1. The predicted molar refractivity (Wildman–Crippen MR) is 95.0 cm³/mol. The molecule has 0 aromatic carbocycles. The molecule has 0 aliphatic carbocycles. The number of hydrogen-bond acceptors (Lipinski definition) is 4. The number of hydrogen-bond donors (Lipinski definition) is 3. The lowest BCUT2D eigenvalue weighted by Crippen LogP contribution is -2.37. The Bertz CT molecular complexity index is 509. The molecule has 1 fully saturated rings. The van der Waals surface area contributed by atoms with Gasteiger partial charge in [-0.2, -0.15) is 5.10 Å². The average Bonchev–Trinajstić information content (AvgIpc) is 2.99. The lowest BCUT2D eigenvalue weighted by Gasteiger charge is -2.26. The van der Waals surface area contributed by atoms with Crippen molar-refractivity contribution in [2.24, 2.45) is 5.41 Å². The van der Waals surface area contributed by atoms with E-state index >= 15 is 0 Å². The van der Waals surface area contributed by atoms with E-state index in [-0.39, 0.29) is 18.1 Å². The van der Waals surface area contributed by atoms with Crippen LogP contribution in [0, 0.1) is 5.41 Å². The summed E-state index contributed by atoms with van der Waals surface area (Å²) >= 11 is 0. The number of aromatic nitrogens is 2. The van der Waals surface area contributed by atoms with Gasteiger partial charge in [0.25, 0.3) is 0 Å². The Morgan fingerprint density at radius 3 is 2.75 bits per heavy atom. The topological polar surface area (TPSA) is 82.4 Å². The molecule has 2 heterocycles. The molecule has 1 aliphatic rings. The van der Waals surface area contributed by atoms with Crippen molar-refractivity contribution in [1.29, 1.82) is 0 Å². The third-order valence-electron chi connectivity index (χ3n) is 4.50. The highest BCUT2D eigenvalue weighted by Gasteiger charge is 2.18. The Kier molecular flexibility index (Phi) is 7.05. The summed E-state index contributed by atoms with van der Waals surface area (Å²) in [7, 11) is 0. The molecule has 0 bridgehead atoms. The zero-order chi connectivity index (χ0) is 17.4. The molecule has 3 N–H and O–H groups in total. The first-order valence-electron chi connectivity index (χ1n) is 8.89. The molecule has 136 valence electrons. The molecule has 0 spiro atoms. The zero-order valence-corrected chi connectivity index (χ0v) is 14.9. The van der Waals surface area contributed by atoms with Gasteiger partial charge in [0.05, 0.1) is 18.4 Å². The van der Waals surface area contributed by atoms with Crippen LogP contribution in [0.1, 0.15) is 39.5 Å². The Balaban J connectivity index is 1.71. The second-order valence-corrected chi connectivity index (χ2v) is 7.34. The summed E-state index contributed by atoms with van der Waals surface area (Å²) < 4.78 is 1.87. The Hall–Kier alpha value is -1.60. The van der Waals surface area contributed by atoms with Crippen molar-refractivity contribution in [1.82, 2.24) is 20.0 Å². The largest absolute Gasteiger partial charge is 0.396 e. The number of amides is 2. The van der Waals surface area contributed by atoms with Crippen LogP contribution in [0.5, 0.6) is 0 Å². The van der Waals surface area contributed by atoms with Gasteiger partial charge in [-0.3, -0.25) is 4.68 Å². The molecule has 1 aliphatic heterocycles. The van der Waals surface area contributed by atoms with Gasteiger partial charge in [0, 0.05) is 25.9 Å². The quantitative estimate of drug-likeness (QED) is 0.677. The molecule has 0 saturated carbocycles. The molecule has 1 aromatic heterocycles. The van der Waals surface area contributed by atoms with Crippen molar-refractivity contribution in [3.05, 3.63) is 12.4 Å². The van der Waals surface area contributed by atoms with Gasteiger partial charge in [-0.05, 0) is 37.8 Å². The predicted octanol–water partition coefficient (Wildman–Crippen LogP) is 1.90. The highest BCUT2D eigenvalue weighted by molar-refractivity contribution is 5.88. The average molecular weight is 337 g/mol. The molecule has 2 rings (SSSR count). The summed E-state index contributed by atoms with van der Waals surface area (Å²) in [5, 5.41) is 19.0. The molecule has 24 heavy (non-hydrogen) atoms. The van der Waals surface area contributed by atoms with Gasteiger partial charge in [0.1, 0.15) is 0 Å². The summed E-state index contributed by atoms with van der Waals surface area (Å²) in [5.74, 6) is 0. The van der Waals surface area contributed by atoms with E-state index in [0.717, 1.165) is 13.1 Å². The monoisotopic (exact) mass is 337 g/mol. The maximum Gasteiger partial charge on any atom is 0.319 e. The maximum absolute atomic E-state index is 11.9. The van der Waals surface area contributed by atoms with Gasteiger partial charge in [0.15, 0.2) is 0 Å². The fraction of sp³-hybridized carbons (Fsp3) is 0.765. The van der Waals surface area contributed by atoms with Gasteiger partial charge in [0.2, 0.25) is 0 Å². The van der Waals surface area contributed by atoms with Gasteiger partial charge >= 0.3 is 6.03 Å². The van der Waals surface area contributed by atoms with Gasteiger partial charge in [-0.1, -0.05) is 20.3 Å². The maximum atomic E-state index is 11.9. The van der Waals surface area contributed by atoms with Crippen LogP contribution < -0.4 is 10.6 Å². The third kappa shape index (κ3) is 6.49. The highest BCUT2D eigenvalue weighted by atomic mass is 16.3. The lowest BCUT2D eigenvalue weighted by atomic mass is 9.90. The number of aliphatic hydroxyl groups excluding tert-OH is 1. The van der Waals surface area contributed by atoms with Crippen molar-refractivity contribution in [2.75, 3.05) is 38.1 Å². The smallest absolute Gasteiger partial charge is 0.319 e. The van der Waals surface area contributed by atoms with E-state index in [1.807, 2.05) is 24.7 Å². The lowest BCUT2D eigenvalue weighted by molar-refractivity contribution is 0.204. The molecular weight excluding hydrogens is 306 g/mol. The second-order valence-electron chi connectivity index (χ2n) is 7.34. The van der Waals surface area contributed by atoms with E-state index in [1.165, 1.54) is 32.4 Å². The molecule has 1 aromatic rings. The van der Waals surface area contributed by atoms with E-state index in [4.69, 9.17) is 5.11 Å². The summed E-state index contributed by atoms with van der Waals surface area (Å²) in [5.41, 5.74) is 0.580. The van der Waals surface area contributed by atoms with E-state index in [2.05, 4.69) is 20.6 Å². The summed E-state index contributed by atoms with van der Waals surface area (Å²) in [6.07, 6.45) is 8.12. The third-order valence-corrected chi connectivity index (χ3v) is 4.50. The van der Waals surface area contributed by atoms with Crippen LogP contribution >= 0.6 is 0 Å². The number of urea groups is 1. The molecule has 2 amide bonds. The van der Waals surface area contributed by atoms with Crippen LogP contribution in [0.2, 0.25) is 0 Å². The van der Waals surface area contributed by atoms with E-state index in [9.17, 15) is 4.79 Å². The number of aliphatic hydroxyl groups is 1. The molecule has 0 radical (unpaired) electrons. The first-order chi connectivity index (χ1) is 11.5. The fourth-order valence-corrected chi connectivity index (χ4v) is 2.86. The molecule has 0 atom stereocenters. The zero-order valence-electron chi connectivity index (χ0n) is 14.9. The van der Waals surface area contributed by atoms with Crippen LogP contribution in [0.25, 0.3) is 0 Å². The minimum absolute atomic E-state index is 0.120. The Morgan fingerprint density at radius 1 is 1.29 bits per heavy atom.